The molecule has 6 heteroatoms. The van der Waals surface area contributed by atoms with Crippen molar-refractivity contribution in [3.05, 3.63) is 35.9 Å². The second-order valence-corrected chi connectivity index (χ2v) is 9.45. The van der Waals surface area contributed by atoms with Crippen LogP contribution in [-0.4, -0.2) is 67.0 Å². The van der Waals surface area contributed by atoms with Gasteiger partial charge in [0, 0.05) is 51.2 Å². The predicted molar refractivity (Wildman–Crippen MR) is 126 cm³/mol. The number of benzene rings is 1. The van der Waals surface area contributed by atoms with Crippen molar-refractivity contribution in [3.63, 3.8) is 0 Å². The smallest absolute Gasteiger partial charge is 0.225 e. The fourth-order valence-electron chi connectivity index (χ4n) is 5.43. The van der Waals surface area contributed by atoms with Crippen LogP contribution in [0.1, 0.15) is 56.9 Å². The van der Waals surface area contributed by atoms with Gasteiger partial charge in [-0.3, -0.25) is 14.7 Å². The standard InChI is InChI=1S/C25H39N5O/c1-26-25(28-22-14-16-30(19-22)24(31)21-11-5-6-12-21)27-17-23-13-7-8-15-29(23)18-20-9-3-2-4-10-20/h2-4,9-10,21-23H,5-8,11-19H2,1H3,(H2,26,27,28). The number of rotatable bonds is 6. The maximum atomic E-state index is 12.7. The van der Waals surface area contributed by atoms with Crippen LogP contribution in [-0.2, 0) is 11.3 Å². The van der Waals surface area contributed by atoms with Crippen LogP contribution in [0.3, 0.4) is 0 Å². The summed E-state index contributed by atoms with van der Waals surface area (Å²) in [5.74, 6) is 1.52. The van der Waals surface area contributed by atoms with Gasteiger partial charge in [-0.25, -0.2) is 0 Å². The number of carbonyl (C=O) groups excluding carboxylic acids is 1. The van der Waals surface area contributed by atoms with E-state index in [1.807, 2.05) is 7.05 Å². The third-order valence-electron chi connectivity index (χ3n) is 7.25. The fourth-order valence-corrected chi connectivity index (χ4v) is 5.43. The molecular formula is C25H39N5O. The Labute approximate surface area is 187 Å². The quantitative estimate of drug-likeness (QED) is 0.543. The first-order valence-electron chi connectivity index (χ1n) is 12.3. The van der Waals surface area contributed by atoms with E-state index in [-0.39, 0.29) is 5.92 Å². The molecule has 0 aromatic heterocycles. The summed E-state index contributed by atoms with van der Waals surface area (Å²) in [4.78, 5) is 21.9. The van der Waals surface area contributed by atoms with Gasteiger partial charge in [0.15, 0.2) is 5.96 Å². The second-order valence-electron chi connectivity index (χ2n) is 9.45. The number of piperidine rings is 1. The lowest BCUT2D eigenvalue weighted by Gasteiger charge is -2.36. The van der Waals surface area contributed by atoms with Crippen LogP contribution in [0.25, 0.3) is 0 Å². The van der Waals surface area contributed by atoms with Crippen LogP contribution in [0.15, 0.2) is 35.3 Å². The number of hydrogen-bond acceptors (Lipinski definition) is 3. The first kappa shape index (κ1) is 22.1. The Hall–Kier alpha value is -2.08. The molecule has 1 aromatic carbocycles. The zero-order chi connectivity index (χ0) is 21.5. The van der Waals surface area contributed by atoms with Gasteiger partial charge in [-0.05, 0) is 44.2 Å². The van der Waals surface area contributed by atoms with Crippen molar-refractivity contribution in [1.82, 2.24) is 20.4 Å². The van der Waals surface area contributed by atoms with Gasteiger partial charge in [-0.1, -0.05) is 49.6 Å². The molecule has 2 heterocycles. The normalized spacial score (nSPS) is 25.7. The lowest BCUT2D eigenvalue weighted by Crippen LogP contribution is -2.51. The molecule has 3 fully saturated rings. The zero-order valence-electron chi connectivity index (χ0n) is 19.1. The van der Waals surface area contributed by atoms with E-state index < -0.39 is 0 Å². The van der Waals surface area contributed by atoms with E-state index in [1.54, 1.807) is 0 Å². The van der Waals surface area contributed by atoms with E-state index in [1.165, 1.54) is 37.7 Å². The zero-order valence-corrected chi connectivity index (χ0v) is 19.1. The van der Waals surface area contributed by atoms with E-state index in [2.05, 4.69) is 55.8 Å². The first-order chi connectivity index (χ1) is 15.2. The van der Waals surface area contributed by atoms with E-state index in [4.69, 9.17) is 0 Å². The van der Waals surface area contributed by atoms with E-state index in [0.717, 1.165) is 57.9 Å². The summed E-state index contributed by atoms with van der Waals surface area (Å²) in [6.45, 7) is 4.76. The molecule has 31 heavy (non-hydrogen) atoms. The highest BCUT2D eigenvalue weighted by Crippen LogP contribution is 2.28. The van der Waals surface area contributed by atoms with Crippen LogP contribution < -0.4 is 10.6 Å². The summed E-state index contributed by atoms with van der Waals surface area (Å²) in [6.07, 6.45) is 9.39. The number of carbonyl (C=O) groups is 1. The predicted octanol–water partition coefficient (Wildman–Crippen LogP) is 3.00. The average molecular weight is 426 g/mol. The number of amides is 1. The highest BCUT2D eigenvalue weighted by molar-refractivity contribution is 5.81. The Morgan fingerprint density at radius 3 is 2.58 bits per heavy atom. The number of nitrogens with zero attached hydrogens (tertiary/aromatic N) is 3. The number of guanidine groups is 1. The molecule has 0 spiro atoms. The molecule has 6 nitrogen and oxygen atoms in total. The lowest BCUT2D eigenvalue weighted by atomic mass is 10.0. The maximum absolute atomic E-state index is 12.7. The monoisotopic (exact) mass is 425 g/mol. The fraction of sp³-hybridized carbons (Fsp3) is 0.680. The third-order valence-corrected chi connectivity index (χ3v) is 7.25. The molecule has 3 aliphatic rings. The van der Waals surface area contributed by atoms with Crippen LogP contribution in [0.4, 0.5) is 0 Å². The SMILES string of the molecule is CN=C(NCC1CCCCN1Cc1ccccc1)NC1CCN(C(=O)C2CCCC2)C1. The highest BCUT2D eigenvalue weighted by atomic mass is 16.2. The molecule has 0 radical (unpaired) electrons. The van der Waals surface area contributed by atoms with Gasteiger partial charge in [0.2, 0.25) is 5.91 Å². The molecule has 170 valence electrons. The van der Waals surface area contributed by atoms with Gasteiger partial charge in [0.1, 0.15) is 0 Å². The largest absolute Gasteiger partial charge is 0.355 e. The highest BCUT2D eigenvalue weighted by Gasteiger charge is 2.32. The van der Waals surface area contributed by atoms with Gasteiger partial charge < -0.3 is 15.5 Å². The first-order valence-corrected chi connectivity index (χ1v) is 12.3. The molecular weight excluding hydrogens is 386 g/mol. The Morgan fingerprint density at radius 1 is 1.03 bits per heavy atom. The summed E-state index contributed by atoms with van der Waals surface area (Å²) < 4.78 is 0. The van der Waals surface area contributed by atoms with Crippen LogP contribution in [0, 0.1) is 5.92 Å². The number of aliphatic imine (C=N–C) groups is 1. The second kappa shape index (κ2) is 11.0. The number of nitrogens with one attached hydrogen (secondary N) is 2. The minimum Gasteiger partial charge on any atom is -0.355 e. The average Bonchev–Trinajstić information content (AvgIpc) is 3.50. The molecule has 2 aliphatic heterocycles. The summed E-state index contributed by atoms with van der Waals surface area (Å²) in [5, 5.41) is 7.15. The van der Waals surface area contributed by atoms with Crippen molar-refractivity contribution in [2.24, 2.45) is 10.9 Å². The molecule has 4 rings (SSSR count). The topological polar surface area (TPSA) is 60.0 Å². The van der Waals surface area contributed by atoms with E-state index in [0.29, 0.717) is 18.0 Å². The molecule has 2 atom stereocenters. The van der Waals surface area contributed by atoms with Gasteiger partial charge in [-0.15, -0.1) is 0 Å². The Kier molecular flexibility index (Phi) is 7.84. The van der Waals surface area contributed by atoms with Gasteiger partial charge in [-0.2, -0.15) is 0 Å². The molecule has 2 N–H and O–H groups in total. The van der Waals surface area contributed by atoms with Crippen LogP contribution in [0.2, 0.25) is 0 Å². The summed E-state index contributed by atoms with van der Waals surface area (Å²) in [6, 6.07) is 11.6. The maximum Gasteiger partial charge on any atom is 0.225 e. The molecule has 1 aromatic rings. The molecule has 1 aliphatic carbocycles. The Bertz CT molecular complexity index is 731. The van der Waals surface area contributed by atoms with Gasteiger partial charge in [0.05, 0.1) is 0 Å². The van der Waals surface area contributed by atoms with Crippen molar-refractivity contribution >= 4 is 11.9 Å². The van der Waals surface area contributed by atoms with E-state index in [9.17, 15) is 4.79 Å². The van der Waals surface area contributed by atoms with Gasteiger partial charge in [0.25, 0.3) is 0 Å². The van der Waals surface area contributed by atoms with Crippen LogP contribution >= 0.6 is 0 Å². The lowest BCUT2D eigenvalue weighted by molar-refractivity contribution is -0.134. The van der Waals surface area contributed by atoms with Crippen molar-refractivity contribution in [2.75, 3.05) is 33.2 Å². The molecule has 1 saturated carbocycles. The Balaban J connectivity index is 1.24. The van der Waals surface area contributed by atoms with Crippen molar-refractivity contribution < 1.29 is 4.79 Å². The molecule has 0 bridgehead atoms. The third kappa shape index (κ3) is 6.00. The minimum atomic E-state index is 0.276. The van der Waals surface area contributed by atoms with Crippen molar-refractivity contribution in [1.29, 1.82) is 0 Å². The van der Waals surface area contributed by atoms with Gasteiger partial charge >= 0.3 is 0 Å². The van der Waals surface area contributed by atoms with Crippen LogP contribution in [0.5, 0.6) is 0 Å². The summed E-state index contributed by atoms with van der Waals surface area (Å²) in [5.41, 5.74) is 1.38. The minimum absolute atomic E-state index is 0.276. The Morgan fingerprint density at radius 2 is 1.81 bits per heavy atom. The van der Waals surface area contributed by atoms with Crippen molar-refractivity contribution in [3.8, 4) is 0 Å². The molecule has 2 unspecified atom stereocenters. The number of hydrogen-bond donors (Lipinski definition) is 2. The van der Waals surface area contributed by atoms with Crippen molar-refractivity contribution in [2.45, 2.75) is 70.0 Å². The number of likely N-dealkylation sites (tertiary alicyclic amines) is 2. The molecule has 1 amide bonds. The molecule has 2 saturated heterocycles. The summed E-state index contributed by atoms with van der Waals surface area (Å²) >= 11 is 0. The van der Waals surface area contributed by atoms with E-state index >= 15 is 0 Å². The summed E-state index contributed by atoms with van der Waals surface area (Å²) in [7, 11) is 1.84.